The molecule has 1 aliphatic rings. The van der Waals surface area contributed by atoms with E-state index in [4.69, 9.17) is 5.26 Å². The van der Waals surface area contributed by atoms with Crippen molar-refractivity contribution in [3.8, 4) is 6.07 Å². The van der Waals surface area contributed by atoms with Crippen LogP contribution in [0.4, 0.5) is 13.2 Å². The van der Waals surface area contributed by atoms with Crippen molar-refractivity contribution >= 4 is 21.8 Å². The van der Waals surface area contributed by atoms with Crippen LogP contribution < -0.4 is 0 Å². The van der Waals surface area contributed by atoms with Gasteiger partial charge >= 0.3 is 6.18 Å². The predicted octanol–water partition coefficient (Wildman–Crippen LogP) is 4.84. The van der Waals surface area contributed by atoms with Crippen molar-refractivity contribution < 1.29 is 18.0 Å². The fourth-order valence-corrected chi connectivity index (χ4v) is 3.43. The summed E-state index contributed by atoms with van der Waals surface area (Å²) in [4.78, 5) is 13.4. The van der Waals surface area contributed by atoms with Crippen molar-refractivity contribution in [1.29, 1.82) is 5.26 Å². The van der Waals surface area contributed by atoms with Crippen LogP contribution in [-0.2, 0) is 4.79 Å². The van der Waals surface area contributed by atoms with E-state index >= 15 is 0 Å². The van der Waals surface area contributed by atoms with Gasteiger partial charge in [0.2, 0.25) is 5.91 Å². The summed E-state index contributed by atoms with van der Waals surface area (Å²) < 4.78 is 41.3. The van der Waals surface area contributed by atoms with E-state index in [-0.39, 0.29) is 11.5 Å². The van der Waals surface area contributed by atoms with Gasteiger partial charge in [-0.3, -0.25) is 4.79 Å². The first-order chi connectivity index (χ1) is 11.2. The Kier molecular flexibility index (Phi) is 5.92. The van der Waals surface area contributed by atoms with Crippen LogP contribution in [0, 0.1) is 23.2 Å². The molecule has 0 spiro atoms. The molecule has 0 saturated heterocycles. The molecule has 1 aliphatic carbocycles. The quantitative estimate of drug-likeness (QED) is 0.725. The number of amides is 1. The Morgan fingerprint density at radius 3 is 2.25 bits per heavy atom. The van der Waals surface area contributed by atoms with Gasteiger partial charge in [0.05, 0.1) is 6.07 Å². The molecule has 0 radical (unpaired) electrons. The Balaban J connectivity index is 2.19. The van der Waals surface area contributed by atoms with E-state index in [0.717, 1.165) is 4.90 Å². The molecule has 1 fully saturated rings. The zero-order valence-corrected chi connectivity index (χ0v) is 14.8. The molecule has 1 aromatic carbocycles. The van der Waals surface area contributed by atoms with E-state index < -0.39 is 24.0 Å². The second-order valence-electron chi connectivity index (χ2n) is 6.12. The minimum absolute atomic E-state index is 0.0345. The Bertz CT molecular complexity index is 616. The second-order valence-corrected chi connectivity index (χ2v) is 7.04. The maximum Gasteiger partial charge on any atom is 0.413 e. The largest absolute Gasteiger partial charge is 0.413 e. The molecule has 2 rings (SSSR count). The maximum absolute atomic E-state index is 13.6. The summed E-state index contributed by atoms with van der Waals surface area (Å²) in [7, 11) is 1.21. The minimum atomic E-state index is -4.55. The van der Waals surface area contributed by atoms with Crippen LogP contribution >= 0.6 is 15.9 Å². The first kappa shape index (κ1) is 18.8. The van der Waals surface area contributed by atoms with Crippen LogP contribution in [0.2, 0.25) is 0 Å². The number of nitrogens with zero attached hydrogens (tertiary/aromatic N) is 2. The van der Waals surface area contributed by atoms with Crippen molar-refractivity contribution in [2.45, 2.75) is 37.9 Å². The molecule has 130 valence electrons. The fraction of sp³-hybridized carbons (Fsp3) is 0.529. The highest BCUT2D eigenvalue weighted by Gasteiger charge is 2.46. The average molecular weight is 403 g/mol. The zero-order chi connectivity index (χ0) is 17.9. The lowest BCUT2D eigenvalue weighted by Crippen LogP contribution is -2.43. The molecule has 0 unspecified atom stereocenters. The van der Waals surface area contributed by atoms with Gasteiger partial charge in [0.25, 0.3) is 0 Å². The van der Waals surface area contributed by atoms with E-state index in [0.29, 0.717) is 30.2 Å². The summed E-state index contributed by atoms with van der Waals surface area (Å²) >= 11 is 3.20. The lowest BCUT2D eigenvalue weighted by molar-refractivity contribution is -0.191. The van der Waals surface area contributed by atoms with Crippen LogP contribution in [-0.4, -0.2) is 24.0 Å². The molecular formula is C17H18BrF3N2O. The summed E-state index contributed by atoms with van der Waals surface area (Å²) in [5.74, 6) is -1.04. The van der Waals surface area contributed by atoms with Crippen molar-refractivity contribution in [1.82, 2.24) is 4.90 Å². The normalized spacial score (nSPS) is 22.5. The molecule has 1 aromatic rings. The van der Waals surface area contributed by atoms with Crippen molar-refractivity contribution in [2.75, 3.05) is 7.05 Å². The molecule has 0 aliphatic heterocycles. The van der Waals surface area contributed by atoms with Gasteiger partial charge in [0.1, 0.15) is 0 Å². The Hall–Kier alpha value is -1.55. The van der Waals surface area contributed by atoms with Crippen LogP contribution in [0.5, 0.6) is 0 Å². The van der Waals surface area contributed by atoms with Gasteiger partial charge in [-0.15, -0.1) is 0 Å². The van der Waals surface area contributed by atoms with Crippen molar-refractivity contribution in [2.24, 2.45) is 11.8 Å². The molecule has 24 heavy (non-hydrogen) atoms. The number of hydrogen-bond donors (Lipinski definition) is 0. The van der Waals surface area contributed by atoms with Gasteiger partial charge in [0, 0.05) is 23.4 Å². The van der Waals surface area contributed by atoms with Crippen LogP contribution in [0.1, 0.15) is 37.3 Å². The first-order valence-corrected chi connectivity index (χ1v) is 8.51. The van der Waals surface area contributed by atoms with Crippen LogP contribution in [0.3, 0.4) is 0 Å². The maximum atomic E-state index is 13.6. The lowest BCUT2D eigenvalue weighted by atomic mass is 9.82. The highest BCUT2D eigenvalue weighted by Crippen LogP contribution is 2.39. The predicted molar refractivity (Wildman–Crippen MR) is 86.8 cm³/mol. The third-order valence-corrected chi connectivity index (χ3v) is 5.02. The molecule has 0 N–H and O–H groups in total. The number of carbonyl (C=O) groups excluding carboxylic acids is 1. The SMILES string of the molecule is CN(C(=O)C1CCC(C#N)CC1)[C@H](c1ccc(Br)cc1)C(F)(F)F. The van der Waals surface area contributed by atoms with E-state index in [9.17, 15) is 18.0 Å². The molecule has 0 aromatic heterocycles. The number of carbonyl (C=O) groups is 1. The average Bonchev–Trinajstić information content (AvgIpc) is 2.55. The zero-order valence-electron chi connectivity index (χ0n) is 13.2. The standard InChI is InChI=1S/C17H18BrF3N2O/c1-23(16(24)13-4-2-11(10-22)3-5-13)15(17(19,20)21)12-6-8-14(18)9-7-12/h6-9,11,13,15H,2-5H2,1H3/t11?,13?,15-/m1/s1. The second kappa shape index (κ2) is 7.56. The van der Waals surface area contributed by atoms with Gasteiger partial charge < -0.3 is 4.90 Å². The number of halogens is 4. The van der Waals surface area contributed by atoms with E-state index in [1.54, 1.807) is 0 Å². The highest BCUT2D eigenvalue weighted by molar-refractivity contribution is 9.10. The number of nitriles is 1. The van der Waals surface area contributed by atoms with Gasteiger partial charge in [-0.05, 0) is 43.4 Å². The molecule has 1 amide bonds. The van der Waals surface area contributed by atoms with Crippen molar-refractivity contribution in [3.05, 3.63) is 34.3 Å². The fourth-order valence-electron chi connectivity index (χ4n) is 3.16. The first-order valence-electron chi connectivity index (χ1n) is 7.72. The number of benzene rings is 1. The Labute approximate surface area is 147 Å². The molecule has 1 atom stereocenters. The third kappa shape index (κ3) is 4.29. The molecule has 0 heterocycles. The summed E-state index contributed by atoms with van der Waals surface area (Å²) in [5.41, 5.74) is 0.0345. The van der Waals surface area contributed by atoms with E-state index in [2.05, 4.69) is 22.0 Å². The van der Waals surface area contributed by atoms with Gasteiger partial charge in [-0.25, -0.2) is 0 Å². The van der Waals surface area contributed by atoms with Gasteiger partial charge in [0.15, 0.2) is 6.04 Å². The molecule has 7 heteroatoms. The van der Waals surface area contributed by atoms with Crippen molar-refractivity contribution in [3.63, 3.8) is 0 Å². The minimum Gasteiger partial charge on any atom is -0.330 e. The highest BCUT2D eigenvalue weighted by atomic mass is 79.9. The van der Waals surface area contributed by atoms with Crippen LogP contribution in [0.15, 0.2) is 28.7 Å². The van der Waals surface area contributed by atoms with Crippen LogP contribution in [0.25, 0.3) is 0 Å². The molecular weight excluding hydrogens is 385 g/mol. The van der Waals surface area contributed by atoms with E-state index in [1.807, 2.05) is 0 Å². The van der Waals surface area contributed by atoms with Gasteiger partial charge in [-0.1, -0.05) is 28.1 Å². The molecule has 0 bridgehead atoms. The summed E-state index contributed by atoms with van der Waals surface area (Å²) in [5, 5.41) is 8.89. The van der Waals surface area contributed by atoms with Gasteiger partial charge in [-0.2, -0.15) is 18.4 Å². The van der Waals surface area contributed by atoms with E-state index in [1.165, 1.54) is 31.3 Å². The summed E-state index contributed by atoms with van der Waals surface area (Å²) in [6.45, 7) is 0. The number of alkyl halides is 3. The molecule has 1 saturated carbocycles. The summed E-state index contributed by atoms with van der Waals surface area (Å²) in [6, 6.07) is 6.01. The third-order valence-electron chi connectivity index (χ3n) is 4.49. The molecule has 3 nitrogen and oxygen atoms in total. The Morgan fingerprint density at radius 1 is 1.25 bits per heavy atom. The monoisotopic (exact) mass is 402 g/mol. The number of rotatable bonds is 3. The smallest absolute Gasteiger partial charge is 0.330 e. The number of hydrogen-bond acceptors (Lipinski definition) is 2. The lowest BCUT2D eigenvalue weighted by Gasteiger charge is -2.34. The summed E-state index contributed by atoms with van der Waals surface area (Å²) in [6.07, 6.45) is -2.49. The Morgan fingerprint density at radius 2 is 1.79 bits per heavy atom. The topological polar surface area (TPSA) is 44.1 Å².